The van der Waals surface area contributed by atoms with Gasteiger partial charge >= 0.3 is 12.4 Å². The Morgan fingerprint density at radius 3 is 1.45 bits per heavy atom. The van der Waals surface area contributed by atoms with Crippen LogP contribution in [-0.2, 0) is 17.1 Å². The molecule has 0 radical (unpaired) electrons. The van der Waals surface area contributed by atoms with E-state index in [0.29, 0.717) is 12.1 Å². The van der Waals surface area contributed by atoms with E-state index in [9.17, 15) is 26.3 Å². The predicted molar refractivity (Wildman–Crippen MR) is 63.2 cm³/mol. The molecule has 20 heavy (non-hydrogen) atoms. The fourth-order valence-electron chi connectivity index (χ4n) is 1.35. The lowest BCUT2D eigenvalue weighted by molar-refractivity contribution is -0.143. The molecule has 1 rings (SSSR count). The summed E-state index contributed by atoms with van der Waals surface area (Å²) >= 11 is 0. The van der Waals surface area contributed by atoms with Crippen LogP contribution in [0.3, 0.4) is 0 Å². The summed E-state index contributed by atoms with van der Waals surface area (Å²) in [5.41, 5.74) is -2.84. The molecule has 0 saturated carbocycles. The molecule has 0 spiro atoms. The second-order valence-electron chi connectivity index (χ2n) is 3.72. The minimum Gasteiger partial charge on any atom is -0.377 e. The highest BCUT2D eigenvalue weighted by atomic mass is 19.4. The maximum atomic E-state index is 12.5. The molecule has 1 aromatic carbocycles. The average Bonchev–Trinajstić information content (AvgIpc) is 2.37. The van der Waals surface area contributed by atoms with Crippen LogP contribution >= 0.6 is 0 Å². The van der Waals surface area contributed by atoms with Crippen LogP contribution in [0, 0.1) is 0 Å². The lowest BCUT2D eigenvalue weighted by Crippen LogP contribution is -2.12. The van der Waals surface area contributed by atoms with Gasteiger partial charge in [-0.25, -0.2) is 0 Å². The van der Waals surface area contributed by atoms with Crippen LogP contribution in [0.15, 0.2) is 18.2 Å². The van der Waals surface area contributed by atoms with Gasteiger partial charge in [0.05, 0.1) is 17.2 Å². The Bertz CT molecular complexity index is 390. The summed E-state index contributed by atoms with van der Waals surface area (Å²) in [6.45, 7) is 5.37. The Morgan fingerprint density at radius 1 is 0.850 bits per heavy atom. The van der Waals surface area contributed by atoms with Gasteiger partial charge in [-0.2, -0.15) is 26.3 Å². The molecule has 0 N–H and O–H groups in total. The smallest absolute Gasteiger partial charge is 0.377 e. The van der Waals surface area contributed by atoms with E-state index in [1.54, 1.807) is 0 Å². The normalized spacial score (nSPS) is 13.5. The van der Waals surface area contributed by atoms with Gasteiger partial charge in [-0.05, 0) is 30.7 Å². The highest BCUT2D eigenvalue weighted by Gasteiger charge is 2.37. The van der Waals surface area contributed by atoms with Gasteiger partial charge in [-0.3, -0.25) is 0 Å². The van der Waals surface area contributed by atoms with Gasteiger partial charge in [0, 0.05) is 7.11 Å². The van der Waals surface area contributed by atoms with E-state index >= 15 is 0 Å². The first kappa shape index (κ1) is 18.8. The van der Waals surface area contributed by atoms with Crippen molar-refractivity contribution in [1.82, 2.24) is 0 Å². The molecule has 0 heterocycles. The SMILES string of the molecule is CC.CO[C@H](C)c1cc(C(F)(F)F)cc(C(F)(F)F)c1. The Kier molecular flexibility index (Phi) is 6.53. The summed E-state index contributed by atoms with van der Waals surface area (Å²) in [4.78, 5) is 0. The van der Waals surface area contributed by atoms with Crippen LogP contribution in [-0.4, -0.2) is 7.11 Å². The maximum Gasteiger partial charge on any atom is 0.416 e. The lowest BCUT2D eigenvalue weighted by atomic mass is 10.0. The van der Waals surface area contributed by atoms with Crippen molar-refractivity contribution in [3.63, 3.8) is 0 Å². The zero-order chi connectivity index (χ0) is 16.1. The van der Waals surface area contributed by atoms with Crippen LogP contribution in [0.25, 0.3) is 0 Å². The average molecular weight is 302 g/mol. The van der Waals surface area contributed by atoms with Crippen LogP contribution in [0.5, 0.6) is 0 Å². The van der Waals surface area contributed by atoms with Crippen molar-refractivity contribution in [2.24, 2.45) is 0 Å². The molecule has 0 amide bonds. The molecule has 0 saturated heterocycles. The van der Waals surface area contributed by atoms with E-state index in [1.807, 2.05) is 13.8 Å². The second-order valence-corrected chi connectivity index (χ2v) is 3.72. The fourth-order valence-corrected chi connectivity index (χ4v) is 1.35. The minimum absolute atomic E-state index is 0.0892. The standard InChI is InChI=1S/C11H10F6O.C2H6/c1-6(18-2)7-3-8(10(12,13)14)5-9(4-7)11(15,16)17;1-2/h3-6H,1-2H3;1-2H3/t6-;/m1./s1. The van der Waals surface area contributed by atoms with E-state index in [1.165, 1.54) is 14.0 Å². The summed E-state index contributed by atoms with van der Waals surface area (Å²) in [6, 6.07) is 1.40. The fraction of sp³-hybridized carbons (Fsp3) is 0.538. The second kappa shape index (κ2) is 6.97. The molecule has 1 atom stereocenters. The van der Waals surface area contributed by atoms with Crippen molar-refractivity contribution < 1.29 is 31.1 Å². The van der Waals surface area contributed by atoms with E-state index in [2.05, 4.69) is 0 Å². The van der Waals surface area contributed by atoms with Crippen molar-refractivity contribution in [1.29, 1.82) is 0 Å². The topological polar surface area (TPSA) is 9.23 Å². The number of halogens is 6. The lowest BCUT2D eigenvalue weighted by Gasteiger charge is -2.17. The number of alkyl halides is 6. The first-order valence-electron chi connectivity index (χ1n) is 5.88. The highest BCUT2D eigenvalue weighted by Crippen LogP contribution is 2.37. The molecule has 7 heteroatoms. The summed E-state index contributed by atoms with van der Waals surface area (Å²) < 4.78 is 79.7. The van der Waals surface area contributed by atoms with Gasteiger partial charge in [0.2, 0.25) is 0 Å². The van der Waals surface area contributed by atoms with Gasteiger partial charge < -0.3 is 4.74 Å². The summed E-state index contributed by atoms with van der Waals surface area (Å²) in [5.74, 6) is 0. The number of ether oxygens (including phenoxy) is 1. The summed E-state index contributed by atoms with van der Waals surface area (Å²) in [5, 5.41) is 0. The zero-order valence-electron chi connectivity index (χ0n) is 11.5. The maximum absolute atomic E-state index is 12.5. The van der Waals surface area contributed by atoms with Gasteiger partial charge in [0.1, 0.15) is 0 Å². The van der Waals surface area contributed by atoms with Gasteiger partial charge in [-0.1, -0.05) is 13.8 Å². The van der Waals surface area contributed by atoms with E-state index in [-0.39, 0.29) is 11.6 Å². The number of hydrogen-bond acceptors (Lipinski definition) is 1. The Morgan fingerprint density at radius 2 is 1.20 bits per heavy atom. The molecule has 0 aliphatic heterocycles. The molecule has 0 fully saturated rings. The largest absolute Gasteiger partial charge is 0.416 e. The third kappa shape index (κ3) is 5.03. The molecule has 0 bridgehead atoms. The Balaban J connectivity index is 0.00000172. The molecule has 0 aliphatic carbocycles. The van der Waals surface area contributed by atoms with Crippen molar-refractivity contribution >= 4 is 0 Å². The first-order valence-corrected chi connectivity index (χ1v) is 5.88. The molecular formula is C13H16F6O. The van der Waals surface area contributed by atoms with E-state index < -0.39 is 29.6 Å². The van der Waals surface area contributed by atoms with Crippen molar-refractivity contribution in [3.8, 4) is 0 Å². The monoisotopic (exact) mass is 302 g/mol. The number of methoxy groups -OCH3 is 1. The molecule has 116 valence electrons. The van der Waals surface area contributed by atoms with Gasteiger partial charge in [-0.15, -0.1) is 0 Å². The minimum atomic E-state index is -4.83. The first-order chi connectivity index (χ1) is 9.05. The zero-order valence-corrected chi connectivity index (χ0v) is 11.5. The van der Waals surface area contributed by atoms with Crippen molar-refractivity contribution in [3.05, 3.63) is 34.9 Å². The van der Waals surface area contributed by atoms with E-state index in [4.69, 9.17) is 4.74 Å². The van der Waals surface area contributed by atoms with Crippen LogP contribution < -0.4 is 0 Å². The summed E-state index contributed by atoms with van der Waals surface area (Å²) in [6.07, 6.45) is -10.5. The predicted octanol–water partition coefficient (Wildman–Crippen LogP) is 5.46. The number of hydrogen-bond donors (Lipinski definition) is 0. The third-order valence-electron chi connectivity index (χ3n) is 2.43. The number of benzene rings is 1. The Labute approximate surface area is 113 Å². The number of rotatable bonds is 2. The molecule has 1 nitrogen and oxygen atoms in total. The molecule has 0 aliphatic rings. The molecule has 1 aromatic rings. The molecule has 0 unspecified atom stereocenters. The Hall–Kier alpha value is -1.24. The third-order valence-corrected chi connectivity index (χ3v) is 2.43. The van der Waals surface area contributed by atoms with Crippen LogP contribution in [0.2, 0.25) is 0 Å². The summed E-state index contributed by atoms with van der Waals surface area (Å²) in [7, 11) is 1.21. The van der Waals surface area contributed by atoms with Crippen molar-refractivity contribution in [2.75, 3.05) is 7.11 Å². The van der Waals surface area contributed by atoms with Crippen molar-refractivity contribution in [2.45, 2.75) is 39.2 Å². The molecular weight excluding hydrogens is 286 g/mol. The van der Waals surface area contributed by atoms with Gasteiger partial charge in [0.25, 0.3) is 0 Å². The quantitative estimate of drug-likeness (QED) is 0.659. The molecule has 0 aromatic heterocycles. The highest BCUT2D eigenvalue weighted by molar-refractivity contribution is 5.34. The van der Waals surface area contributed by atoms with Crippen LogP contribution in [0.4, 0.5) is 26.3 Å². The van der Waals surface area contributed by atoms with Gasteiger partial charge in [0.15, 0.2) is 0 Å². The van der Waals surface area contributed by atoms with E-state index in [0.717, 1.165) is 0 Å². The van der Waals surface area contributed by atoms with Crippen LogP contribution in [0.1, 0.15) is 43.6 Å².